The van der Waals surface area contributed by atoms with Gasteiger partial charge in [0.05, 0.1) is 6.20 Å². The Kier molecular flexibility index (Phi) is 3.39. The van der Waals surface area contributed by atoms with E-state index in [2.05, 4.69) is 16.8 Å². The van der Waals surface area contributed by atoms with Crippen LogP contribution < -0.4 is 10.6 Å². The number of hydrogen-bond acceptors (Lipinski definition) is 3. The lowest BCUT2D eigenvalue weighted by Crippen LogP contribution is -2.46. The van der Waals surface area contributed by atoms with E-state index in [-0.39, 0.29) is 5.82 Å². The van der Waals surface area contributed by atoms with Crippen LogP contribution in [0.3, 0.4) is 0 Å². The van der Waals surface area contributed by atoms with E-state index in [1.165, 1.54) is 12.3 Å². The van der Waals surface area contributed by atoms with Gasteiger partial charge in [0.25, 0.3) is 0 Å². The first-order valence-corrected chi connectivity index (χ1v) is 5.79. The fraction of sp³-hybridized carbons (Fsp3) is 0.583. The predicted octanol–water partition coefficient (Wildman–Crippen LogP) is 1.78. The van der Waals surface area contributed by atoms with Crippen molar-refractivity contribution >= 4 is 5.82 Å². The average Bonchev–Trinajstić information content (AvgIpc) is 2.30. The van der Waals surface area contributed by atoms with E-state index in [4.69, 9.17) is 5.73 Å². The summed E-state index contributed by atoms with van der Waals surface area (Å²) in [4.78, 5) is 6.31. The number of pyridine rings is 1. The third kappa shape index (κ3) is 2.32. The summed E-state index contributed by atoms with van der Waals surface area (Å²) < 4.78 is 12.8. The fourth-order valence-electron chi connectivity index (χ4n) is 2.31. The third-order valence-electron chi connectivity index (χ3n) is 3.26. The van der Waals surface area contributed by atoms with Gasteiger partial charge in [-0.2, -0.15) is 0 Å². The summed E-state index contributed by atoms with van der Waals surface area (Å²) >= 11 is 0. The van der Waals surface area contributed by atoms with Crippen molar-refractivity contribution < 1.29 is 4.39 Å². The zero-order chi connectivity index (χ0) is 11.5. The first-order chi connectivity index (χ1) is 7.70. The van der Waals surface area contributed by atoms with Crippen molar-refractivity contribution in [3.8, 4) is 0 Å². The molecule has 0 aliphatic carbocycles. The first kappa shape index (κ1) is 11.3. The minimum atomic E-state index is -0.293. The molecule has 1 fully saturated rings. The molecule has 0 saturated carbocycles. The lowest BCUT2D eigenvalue weighted by molar-refractivity contribution is 0.365. The van der Waals surface area contributed by atoms with Crippen LogP contribution >= 0.6 is 0 Å². The third-order valence-corrected chi connectivity index (χ3v) is 3.26. The number of aromatic nitrogens is 1. The average molecular weight is 223 g/mol. The van der Waals surface area contributed by atoms with Crippen molar-refractivity contribution in [3.05, 3.63) is 24.1 Å². The highest BCUT2D eigenvalue weighted by Crippen LogP contribution is 2.26. The lowest BCUT2D eigenvalue weighted by atomic mass is 9.92. The van der Waals surface area contributed by atoms with Gasteiger partial charge in [-0.05, 0) is 30.9 Å². The molecule has 2 heterocycles. The van der Waals surface area contributed by atoms with Crippen molar-refractivity contribution in [2.24, 2.45) is 11.7 Å². The number of nitrogens with two attached hydrogens (primary N) is 1. The van der Waals surface area contributed by atoms with Crippen LogP contribution in [-0.2, 0) is 0 Å². The van der Waals surface area contributed by atoms with Gasteiger partial charge in [-0.15, -0.1) is 0 Å². The van der Waals surface area contributed by atoms with Crippen LogP contribution in [0.5, 0.6) is 0 Å². The normalized spacial score (nSPS) is 25.8. The zero-order valence-electron chi connectivity index (χ0n) is 9.56. The Morgan fingerprint density at radius 1 is 1.56 bits per heavy atom. The topological polar surface area (TPSA) is 42.2 Å². The number of nitrogens with zero attached hydrogens (tertiary/aromatic N) is 2. The minimum absolute atomic E-state index is 0.293. The zero-order valence-corrected chi connectivity index (χ0v) is 9.56. The molecule has 88 valence electrons. The van der Waals surface area contributed by atoms with E-state index in [9.17, 15) is 4.39 Å². The summed E-state index contributed by atoms with van der Waals surface area (Å²) in [6, 6.07) is 3.52. The largest absolute Gasteiger partial charge is 0.352 e. The van der Waals surface area contributed by atoms with E-state index in [0.29, 0.717) is 18.5 Å². The number of halogens is 1. The number of rotatable bonds is 2. The fourth-order valence-corrected chi connectivity index (χ4v) is 2.31. The quantitative estimate of drug-likeness (QED) is 0.831. The maximum absolute atomic E-state index is 12.8. The Labute approximate surface area is 95.5 Å². The van der Waals surface area contributed by atoms with Gasteiger partial charge in [0.2, 0.25) is 0 Å². The van der Waals surface area contributed by atoms with E-state index in [1.54, 1.807) is 6.07 Å². The Hall–Kier alpha value is -1.16. The van der Waals surface area contributed by atoms with Crippen LogP contribution in [-0.4, -0.2) is 24.1 Å². The van der Waals surface area contributed by atoms with Gasteiger partial charge in [-0.1, -0.05) is 6.92 Å². The molecular formula is C12H18FN3. The highest BCUT2D eigenvalue weighted by molar-refractivity contribution is 5.40. The molecule has 16 heavy (non-hydrogen) atoms. The van der Waals surface area contributed by atoms with Gasteiger partial charge in [-0.3, -0.25) is 0 Å². The second-order valence-electron chi connectivity index (χ2n) is 4.55. The summed E-state index contributed by atoms with van der Waals surface area (Å²) in [6.07, 6.45) is 3.51. The molecule has 1 saturated heterocycles. The van der Waals surface area contributed by atoms with Gasteiger partial charge in [-0.25, -0.2) is 9.37 Å². The highest BCUT2D eigenvalue weighted by atomic mass is 19.1. The van der Waals surface area contributed by atoms with Gasteiger partial charge >= 0.3 is 0 Å². The van der Waals surface area contributed by atoms with Crippen molar-refractivity contribution in [3.63, 3.8) is 0 Å². The summed E-state index contributed by atoms with van der Waals surface area (Å²) in [7, 11) is 0. The number of hydrogen-bond donors (Lipinski definition) is 1. The maximum atomic E-state index is 12.8. The summed E-state index contributed by atoms with van der Waals surface area (Å²) in [5.41, 5.74) is 5.78. The monoisotopic (exact) mass is 223 g/mol. The Morgan fingerprint density at radius 3 is 3.00 bits per heavy atom. The SMILES string of the molecule is CC1CCN(c2ccc(F)cn2)C(CN)C1. The molecule has 0 radical (unpaired) electrons. The molecule has 1 aromatic rings. The molecule has 0 spiro atoms. The molecule has 0 amide bonds. The molecule has 1 aromatic heterocycles. The van der Waals surface area contributed by atoms with E-state index >= 15 is 0 Å². The van der Waals surface area contributed by atoms with Gasteiger partial charge in [0.1, 0.15) is 11.6 Å². The molecule has 4 heteroatoms. The molecule has 2 N–H and O–H groups in total. The van der Waals surface area contributed by atoms with E-state index in [0.717, 1.165) is 25.2 Å². The summed E-state index contributed by atoms with van der Waals surface area (Å²) in [5, 5.41) is 0. The Bertz CT molecular complexity index is 339. The van der Waals surface area contributed by atoms with Gasteiger partial charge in [0.15, 0.2) is 0 Å². The number of piperidine rings is 1. The summed E-state index contributed by atoms with van der Waals surface area (Å²) in [5.74, 6) is 1.26. The minimum Gasteiger partial charge on any atom is -0.352 e. The van der Waals surface area contributed by atoms with Gasteiger partial charge < -0.3 is 10.6 Å². The first-order valence-electron chi connectivity index (χ1n) is 5.79. The van der Waals surface area contributed by atoms with E-state index < -0.39 is 0 Å². The second-order valence-corrected chi connectivity index (χ2v) is 4.55. The smallest absolute Gasteiger partial charge is 0.141 e. The second kappa shape index (κ2) is 4.78. The molecule has 0 bridgehead atoms. The molecule has 2 unspecified atom stereocenters. The van der Waals surface area contributed by atoms with Crippen LogP contribution in [0.4, 0.5) is 10.2 Å². The Morgan fingerprint density at radius 2 is 2.38 bits per heavy atom. The molecule has 2 rings (SSSR count). The van der Waals surface area contributed by atoms with Crippen molar-refractivity contribution in [2.75, 3.05) is 18.0 Å². The van der Waals surface area contributed by atoms with Crippen LogP contribution in [0.15, 0.2) is 18.3 Å². The molecule has 0 aromatic carbocycles. The Balaban J connectivity index is 2.15. The molecule has 3 nitrogen and oxygen atoms in total. The highest BCUT2D eigenvalue weighted by Gasteiger charge is 2.25. The molecule has 1 aliphatic heterocycles. The van der Waals surface area contributed by atoms with Crippen molar-refractivity contribution in [1.29, 1.82) is 0 Å². The van der Waals surface area contributed by atoms with Crippen LogP contribution in [0, 0.1) is 11.7 Å². The number of anilines is 1. The van der Waals surface area contributed by atoms with Crippen LogP contribution in [0.1, 0.15) is 19.8 Å². The molecule has 2 atom stereocenters. The lowest BCUT2D eigenvalue weighted by Gasteiger charge is -2.38. The molecule has 1 aliphatic rings. The van der Waals surface area contributed by atoms with E-state index in [1.807, 2.05) is 0 Å². The standard InChI is InChI=1S/C12H18FN3/c1-9-4-5-16(11(6-9)7-14)12-3-2-10(13)8-15-12/h2-3,8-9,11H,4-7,14H2,1H3. The van der Waals surface area contributed by atoms with Crippen LogP contribution in [0.25, 0.3) is 0 Å². The van der Waals surface area contributed by atoms with Crippen LogP contribution in [0.2, 0.25) is 0 Å². The van der Waals surface area contributed by atoms with Crippen molar-refractivity contribution in [1.82, 2.24) is 4.98 Å². The predicted molar refractivity (Wildman–Crippen MR) is 62.8 cm³/mol. The van der Waals surface area contributed by atoms with Gasteiger partial charge in [0, 0.05) is 19.1 Å². The summed E-state index contributed by atoms with van der Waals surface area (Å²) in [6.45, 7) is 3.84. The van der Waals surface area contributed by atoms with Crippen molar-refractivity contribution in [2.45, 2.75) is 25.8 Å². The maximum Gasteiger partial charge on any atom is 0.141 e. The molecular weight excluding hydrogens is 205 g/mol.